The van der Waals surface area contributed by atoms with Gasteiger partial charge in [0.05, 0.1) is 5.75 Å². The number of benzene rings is 2. The number of nitrogens with zero attached hydrogens (tertiary/aromatic N) is 3. The van der Waals surface area contributed by atoms with Crippen molar-refractivity contribution in [3.8, 4) is 0 Å². The van der Waals surface area contributed by atoms with Crippen LogP contribution in [0.4, 0.5) is 5.69 Å². The first-order chi connectivity index (χ1) is 13.0. The summed E-state index contributed by atoms with van der Waals surface area (Å²) in [7, 11) is 0. The van der Waals surface area contributed by atoms with Crippen LogP contribution in [0.25, 0.3) is 22.1 Å². The van der Waals surface area contributed by atoms with Crippen LogP contribution >= 0.6 is 23.4 Å². The molecule has 2 heterocycles. The monoisotopic (exact) mass is 397 g/mol. The Balaban J connectivity index is 1.49. The number of halogens is 1. The number of amides is 1. The van der Waals surface area contributed by atoms with Crippen LogP contribution in [0.15, 0.2) is 41.6 Å². The maximum Gasteiger partial charge on any atom is 0.234 e. The van der Waals surface area contributed by atoms with Crippen LogP contribution in [0.2, 0.25) is 5.02 Å². The van der Waals surface area contributed by atoms with E-state index in [-0.39, 0.29) is 11.7 Å². The number of fused-ring (bicyclic) bond motifs is 3. The number of thioether (sulfide) groups is 1. The summed E-state index contributed by atoms with van der Waals surface area (Å²) in [6, 6.07) is 11.5. The molecule has 0 saturated heterocycles. The highest BCUT2D eigenvalue weighted by Crippen LogP contribution is 2.25. The Morgan fingerprint density at radius 1 is 1.19 bits per heavy atom. The molecule has 0 atom stereocenters. The van der Waals surface area contributed by atoms with Gasteiger partial charge in [0.15, 0.2) is 5.65 Å². The average Bonchev–Trinajstić information content (AvgIpc) is 3.00. The van der Waals surface area contributed by atoms with Gasteiger partial charge in [-0.3, -0.25) is 4.79 Å². The zero-order chi connectivity index (χ0) is 19.0. The molecule has 4 aromatic rings. The number of hydrogen-bond acceptors (Lipinski definition) is 5. The van der Waals surface area contributed by atoms with Crippen molar-refractivity contribution in [2.75, 3.05) is 11.1 Å². The molecule has 2 N–H and O–H groups in total. The van der Waals surface area contributed by atoms with Crippen LogP contribution < -0.4 is 5.32 Å². The summed E-state index contributed by atoms with van der Waals surface area (Å²) in [6.07, 6.45) is 0. The lowest BCUT2D eigenvalue weighted by Gasteiger charge is -2.08. The molecule has 1 amide bonds. The number of rotatable bonds is 4. The Hall–Kier alpha value is -2.64. The van der Waals surface area contributed by atoms with Gasteiger partial charge in [0.25, 0.3) is 0 Å². The van der Waals surface area contributed by atoms with Gasteiger partial charge in [-0.2, -0.15) is 0 Å². The van der Waals surface area contributed by atoms with E-state index in [0.717, 1.165) is 27.5 Å². The number of anilines is 1. The van der Waals surface area contributed by atoms with Crippen molar-refractivity contribution in [1.29, 1.82) is 0 Å². The van der Waals surface area contributed by atoms with E-state index >= 15 is 0 Å². The highest BCUT2D eigenvalue weighted by Gasteiger charge is 2.12. The summed E-state index contributed by atoms with van der Waals surface area (Å²) in [6.45, 7) is 3.95. The molecule has 2 aromatic carbocycles. The van der Waals surface area contributed by atoms with Crippen molar-refractivity contribution in [3.63, 3.8) is 0 Å². The fraction of sp³-hybridized carbons (Fsp3) is 0.158. The Kier molecular flexibility index (Phi) is 4.72. The Morgan fingerprint density at radius 3 is 2.89 bits per heavy atom. The molecule has 4 rings (SSSR count). The quantitative estimate of drug-likeness (QED) is 0.495. The van der Waals surface area contributed by atoms with Crippen molar-refractivity contribution in [1.82, 2.24) is 20.2 Å². The molecular formula is C19H16ClN5OS. The molecule has 0 fully saturated rings. The smallest absolute Gasteiger partial charge is 0.234 e. The zero-order valence-electron chi connectivity index (χ0n) is 14.7. The minimum atomic E-state index is -0.152. The zero-order valence-corrected chi connectivity index (χ0v) is 16.3. The first-order valence-electron chi connectivity index (χ1n) is 8.31. The minimum Gasteiger partial charge on any atom is -0.338 e. The second-order valence-corrected chi connectivity index (χ2v) is 7.64. The molecule has 8 heteroatoms. The van der Waals surface area contributed by atoms with Crippen LogP contribution in [-0.2, 0) is 4.79 Å². The Labute approximate surface area is 164 Å². The summed E-state index contributed by atoms with van der Waals surface area (Å²) in [5.41, 5.74) is 5.17. The average molecular weight is 398 g/mol. The van der Waals surface area contributed by atoms with Crippen molar-refractivity contribution in [2.24, 2.45) is 0 Å². The number of aromatic amines is 1. The maximum absolute atomic E-state index is 12.2. The van der Waals surface area contributed by atoms with Crippen LogP contribution in [0.3, 0.4) is 0 Å². The van der Waals surface area contributed by atoms with Crippen LogP contribution in [0.5, 0.6) is 0 Å². The third-order valence-electron chi connectivity index (χ3n) is 4.16. The topological polar surface area (TPSA) is 83.6 Å². The third-order valence-corrected chi connectivity index (χ3v) is 5.23. The standard InChI is InChI=1S/C19H16ClN5OS/c1-10-3-6-14-13(7-10)17-18(22-14)23-19(25-24-17)27-9-16(26)21-15-8-12(20)5-4-11(15)2/h3-8H,9H2,1-2H3,(H,21,26)(H,22,23,25). The number of H-pyrrole nitrogens is 1. The van der Waals surface area contributed by atoms with Gasteiger partial charge < -0.3 is 10.3 Å². The Morgan fingerprint density at radius 2 is 2.04 bits per heavy atom. The van der Waals surface area contributed by atoms with Gasteiger partial charge in [-0.1, -0.05) is 41.1 Å². The molecule has 0 aliphatic rings. The van der Waals surface area contributed by atoms with E-state index in [1.54, 1.807) is 12.1 Å². The lowest BCUT2D eigenvalue weighted by atomic mass is 10.2. The minimum absolute atomic E-state index is 0.152. The highest BCUT2D eigenvalue weighted by atomic mass is 35.5. The molecule has 0 radical (unpaired) electrons. The molecule has 0 aliphatic heterocycles. The molecule has 0 aliphatic carbocycles. The van der Waals surface area contributed by atoms with E-state index in [9.17, 15) is 4.79 Å². The van der Waals surface area contributed by atoms with Crippen LogP contribution in [0.1, 0.15) is 11.1 Å². The molecule has 6 nitrogen and oxygen atoms in total. The highest BCUT2D eigenvalue weighted by molar-refractivity contribution is 7.99. The van der Waals surface area contributed by atoms with Gasteiger partial charge in [-0.15, -0.1) is 10.2 Å². The predicted octanol–water partition coefficient (Wildman–Crippen LogP) is 4.51. The number of carbonyl (C=O) groups is 1. The van der Waals surface area contributed by atoms with E-state index in [1.807, 2.05) is 32.0 Å². The molecule has 2 aromatic heterocycles. The largest absolute Gasteiger partial charge is 0.338 e. The van der Waals surface area contributed by atoms with Crippen molar-refractivity contribution in [2.45, 2.75) is 19.0 Å². The van der Waals surface area contributed by atoms with Crippen molar-refractivity contribution in [3.05, 3.63) is 52.5 Å². The first kappa shape index (κ1) is 17.8. The van der Waals surface area contributed by atoms with E-state index in [0.29, 0.717) is 21.5 Å². The van der Waals surface area contributed by atoms with Crippen LogP contribution in [-0.4, -0.2) is 31.8 Å². The molecule has 0 saturated carbocycles. The third kappa shape index (κ3) is 3.74. The van der Waals surface area contributed by atoms with Crippen LogP contribution in [0, 0.1) is 13.8 Å². The van der Waals surface area contributed by atoms with E-state index < -0.39 is 0 Å². The first-order valence-corrected chi connectivity index (χ1v) is 9.67. The van der Waals surface area contributed by atoms with Gasteiger partial charge in [-0.25, -0.2) is 4.98 Å². The van der Waals surface area contributed by atoms with E-state index in [2.05, 4.69) is 31.5 Å². The maximum atomic E-state index is 12.2. The summed E-state index contributed by atoms with van der Waals surface area (Å²) in [5, 5.41) is 13.3. The second-order valence-electron chi connectivity index (χ2n) is 6.26. The molecule has 0 unspecified atom stereocenters. The number of aromatic nitrogens is 4. The van der Waals surface area contributed by atoms with E-state index in [4.69, 9.17) is 11.6 Å². The lowest BCUT2D eigenvalue weighted by Crippen LogP contribution is -2.15. The molecule has 136 valence electrons. The molecule has 0 spiro atoms. The number of hydrogen-bond donors (Lipinski definition) is 2. The van der Waals surface area contributed by atoms with E-state index in [1.165, 1.54) is 11.8 Å². The predicted molar refractivity (Wildman–Crippen MR) is 109 cm³/mol. The second kappa shape index (κ2) is 7.17. The molecule has 27 heavy (non-hydrogen) atoms. The van der Waals surface area contributed by atoms with Gasteiger partial charge in [0.1, 0.15) is 5.52 Å². The fourth-order valence-electron chi connectivity index (χ4n) is 2.78. The number of carbonyl (C=O) groups excluding carboxylic acids is 1. The number of nitrogens with one attached hydrogen (secondary N) is 2. The van der Waals surface area contributed by atoms with Crippen molar-refractivity contribution >= 4 is 57.0 Å². The SMILES string of the molecule is Cc1ccc2[nH]c3nc(SCC(=O)Nc4cc(Cl)ccc4C)nnc3c2c1. The fourth-order valence-corrected chi connectivity index (χ4v) is 3.54. The Bertz CT molecular complexity index is 1170. The summed E-state index contributed by atoms with van der Waals surface area (Å²) in [4.78, 5) is 20.0. The summed E-state index contributed by atoms with van der Waals surface area (Å²) in [5.74, 6) is 0.0275. The number of aryl methyl sites for hydroxylation is 2. The van der Waals surface area contributed by atoms with Gasteiger partial charge in [0, 0.05) is 21.6 Å². The lowest BCUT2D eigenvalue weighted by molar-refractivity contribution is -0.113. The van der Waals surface area contributed by atoms with Crippen molar-refractivity contribution < 1.29 is 4.79 Å². The van der Waals surface area contributed by atoms with Gasteiger partial charge in [-0.05, 0) is 43.7 Å². The molecule has 0 bridgehead atoms. The van der Waals surface area contributed by atoms with Gasteiger partial charge in [0.2, 0.25) is 11.1 Å². The summed E-state index contributed by atoms with van der Waals surface area (Å²) < 4.78 is 0. The normalized spacial score (nSPS) is 11.2. The van der Waals surface area contributed by atoms with Gasteiger partial charge >= 0.3 is 0 Å². The molecular weight excluding hydrogens is 382 g/mol. The summed E-state index contributed by atoms with van der Waals surface area (Å²) >= 11 is 7.22.